The number of anilines is 1. The number of halogens is 1. The summed E-state index contributed by atoms with van der Waals surface area (Å²) in [6, 6.07) is 12.4. The number of nitrogens with zero attached hydrogens (tertiary/aromatic N) is 2. The van der Waals surface area contributed by atoms with Crippen LogP contribution in [0.5, 0.6) is 0 Å². The molecule has 4 nitrogen and oxygen atoms in total. The van der Waals surface area contributed by atoms with E-state index >= 15 is 0 Å². The molecule has 0 heterocycles. The van der Waals surface area contributed by atoms with E-state index in [1.807, 2.05) is 6.92 Å². The van der Waals surface area contributed by atoms with E-state index in [4.69, 9.17) is 16.9 Å². The van der Waals surface area contributed by atoms with Crippen molar-refractivity contribution in [2.24, 2.45) is 0 Å². The van der Waals surface area contributed by atoms with Crippen LogP contribution in [0.15, 0.2) is 53.4 Å². The first-order valence-electron chi connectivity index (χ1n) is 5.72. The lowest BCUT2D eigenvalue weighted by atomic mass is 10.2. The molecule has 2 aromatic rings. The fraction of sp³-hybridized carbons (Fsp3) is 0.0714. The van der Waals surface area contributed by atoms with Crippen LogP contribution in [-0.2, 0) is 10.0 Å². The van der Waals surface area contributed by atoms with Crippen molar-refractivity contribution in [1.29, 1.82) is 5.26 Å². The summed E-state index contributed by atoms with van der Waals surface area (Å²) < 4.78 is 25.5. The van der Waals surface area contributed by atoms with Crippen LogP contribution in [0.25, 0.3) is 0 Å². The molecule has 0 bridgehead atoms. The number of hydrogen-bond acceptors (Lipinski definition) is 3. The second kappa shape index (κ2) is 5.53. The van der Waals surface area contributed by atoms with E-state index in [1.165, 1.54) is 36.4 Å². The number of hydrogen-bond donors (Lipinski definition) is 0. The van der Waals surface area contributed by atoms with Crippen LogP contribution < -0.4 is 4.31 Å². The van der Waals surface area contributed by atoms with Gasteiger partial charge in [0.05, 0.1) is 10.6 Å². The third kappa shape index (κ3) is 2.77. The van der Waals surface area contributed by atoms with E-state index in [9.17, 15) is 8.42 Å². The van der Waals surface area contributed by atoms with E-state index < -0.39 is 10.0 Å². The monoisotopic (exact) mass is 306 g/mol. The van der Waals surface area contributed by atoms with Crippen LogP contribution in [-0.4, -0.2) is 8.42 Å². The summed E-state index contributed by atoms with van der Waals surface area (Å²) >= 11 is 5.76. The van der Waals surface area contributed by atoms with Crippen molar-refractivity contribution >= 4 is 27.3 Å². The van der Waals surface area contributed by atoms with Crippen molar-refractivity contribution in [3.05, 3.63) is 59.1 Å². The Balaban J connectivity index is 2.48. The SMILES string of the molecule is Cc1ccc(S(=O)(=O)N(C#N)c2ccc(Cl)cc2)cc1. The number of nitriles is 1. The molecule has 102 valence electrons. The van der Waals surface area contributed by atoms with Gasteiger partial charge < -0.3 is 0 Å². The molecule has 6 heteroatoms. The lowest BCUT2D eigenvalue weighted by Crippen LogP contribution is -2.25. The topological polar surface area (TPSA) is 61.2 Å². The summed E-state index contributed by atoms with van der Waals surface area (Å²) in [5.41, 5.74) is 1.19. The van der Waals surface area contributed by atoms with Gasteiger partial charge in [-0.15, -0.1) is 0 Å². The smallest absolute Gasteiger partial charge is 0.200 e. The van der Waals surface area contributed by atoms with E-state index in [0.717, 1.165) is 5.56 Å². The standard InChI is InChI=1S/C14H11ClN2O2S/c1-11-2-8-14(9-3-11)20(18,19)17(10-16)13-6-4-12(15)5-7-13/h2-9H,1H3. The predicted octanol–water partition coefficient (Wildman–Crippen LogP) is 3.32. The van der Waals surface area contributed by atoms with Gasteiger partial charge in [0.1, 0.15) is 0 Å². The second-order valence-electron chi connectivity index (χ2n) is 4.16. The lowest BCUT2D eigenvalue weighted by molar-refractivity contribution is 0.596. The molecule has 2 aromatic carbocycles. The van der Waals surface area contributed by atoms with Crippen LogP contribution in [0, 0.1) is 18.4 Å². The molecule has 0 spiro atoms. The van der Waals surface area contributed by atoms with Crippen LogP contribution in [0.2, 0.25) is 5.02 Å². The highest BCUT2D eigenvalue weighted by Gasteiger charge is 2.24. The average Bonchev–Trinajstić information content (AvgIpc) is 2.42. The Morgan fingerprint density at radius 3 is 2.10 bits per heavy atom. The first-order valence-corrected chi connectivity index (χ1v) is 7.54. The van der Waals surface area contributed by atoms with Gasteiger partial charge in [-0.3, -0.25) is 0 Å². The van der Waals surface area contributed by atoms with E-state index in [1.54, 1.807) is 18.3 Å². The van der Waals surface area contributed by atoms with Crippen molar-refractivity contribution in [3.63, 3.8) is 0 Å². The quantitative estimate of drug-likeness (QED) is 0.645. The predicted molar refractivity (Wildman–Crippen MR) is 77.9 cm³/mol. The molecule has 0 fully saturated rings. The van der Waals surface area contributed by atoms with Crippen LogP contribution in [0.1, 0.15) is 5.56 Å². The first kappa shape index (κ1) is 14.4. The summed E-state index contributed by atoms with van der Waals surface area (Å²) in [5, 5.41) is 9.64. The minimum Gasteiger partial charge on any atom is -0.200 e. The molecule has 0 unspecified atom stereocenters. The Morgan fingerprint density at radius 2 is 1.60 bits per heavy atom. The Kier molecular flexibility index (Phi) is 3.98. The van der Waals surface area contributed by atoms with Gasteiger partial charge in [0.25, 0.3) is 10.0 Å². The molecule has 0 saturated carbocycles. The Hall–Kier alpha value is -2.03. The fourth-order valence-corrected chi connectivity index (χ4v) is 2.97. The van der Waals surface area contributed by atoms with Gasteiger partial charge in [0.15, 0.2) is 6.19 Å². The summed E-state index contributed by atoms with van der Waals surface area (Å²) in [7, 11) is -3.90. The van der Waals surface area contributed by atoms with Crippen molar-refractivity contribution in [2.45, 2.75) is 11.8 Å². The van der Waals surface area contributed by atoms with Crippen molar-refractivity contribution in [2.75, 3.05) is 4.31 Å². The molecule has 0 N–H and O–H groups in total. The molecule has 0 aliphatic heterocycles. The highest BCUT2D eigenvalue weighted by Crippen LogP contribution is 2.24. The maximum atomic E-state index is 12.4. The van der Waals surface area contributed by atoms with E-state index in [0.29, 0.717) is 9.33 Å². The van der Waals surface area contributed by atoms with Gasteiger partial charge in [-0.25, -0.2) is 0 Å². The number of rotatable bonds is 3. The number of aryl methyl sites for hydroxylation is 1. The molecule has 0 aliphatic rings. The van der Waals surface area contributed by atoms with Gasteiger partial charge >= 0.3 is 0 Å². The molecular weight excluding hydrogens is 296 g/mol. The van der Waals surface area contributed by atoms with E-state index in [2.05, 4.69) is 0 Å². The zero-order valence-corrected chi connectivity index (χ0v) is 12.2. The van der Waals surface area contributed by atoms with Gasteiger partial charge in [-0.05, 0) is 43.3 Å². The minimum absolute atomic E-state index is 0.0691. The van der Waals surface area contributed by atoms with Gasteiger partial charge in [0.2, 0.25) is 0 Å². The maximum Gasteiger partial charge on any atom is 0.276 e. The van der Waals surface area contributed by atoms with Gasteiger partial charge in [-0.2, -0.15) is 18.0 Å². The zero-order chi connectivity index (χ0) is 14.8. The minimum atomic E-state index is -3.90. The van der Waals surface area contributed by atoms with Crippen molar-refractivity contribution in [3.8, 4) is 6.19 Å². The molecule has 0 aromatic heterocycles. The lowest BCUT2D eigenvalue weighted by Gasteiger charge is -2.16. The fourth-order valence-electron chi connectivity index (χ4n) is 1.64. The largest absolute Gasteiger partial charge is 0.276 e. The highest BCUT2D eigenvalue weighted by atomic mass is 35.5. The summed E-state index contributed by atoms with van der Waals surface area (Å²) in [4.78, 5) is 0.0691. The molecule has 0 aliphatic carbocycles. The molecule has 0 amide bonds. The second-order valence-corrected chi connectivity index (χ2v) is 6.38. The third-order valence-corrected chi connectivity index (χ3v) is 4.60. The molecule has 0 atom stereocenters. The Bertz CT molecular complexity index is 747. The van der Waals surface area contributed by atoms with Crippen molar-refractivity contribution in [1.82, 2.24) is 0 Å². The van der Waals surface area contributed by atoms with Gasteiger partial charge in [0, 0.05) is 5.02 Å². The molecule has 20 heavy (non-hydrogen) atoms. The normalized spacial score (nSPS) is 10.8. The van der Waals surface area contributed by atoms with Crippen LogP contribution >= 0.6 is 11.6 Å². The van der Waals surface area contributed by atoms with Crippen LogP contribution in [0.4, 0.5) is 5.69 Å². The third-order valence-electron chi connectivity index (χ3n) is 2.71. The first-order chi connectivity index (χ1) is 9.45. The van der Waals surface area contributed by atoms with Gasteiger partial charge in [-0.1, -0.05) is 29.3 Å². The summed E-state index contributed by atoms with van der Waals surface area (Å²) in [6.07, 6.45) is 1.69. The summed E-state index contributed by atoms with van der Waals surface area (Å²) in [5.74, 6) is 0. The van der Waals surface area contributed by atoms with Crippen LogP contribution in [0.3, 0.4) is 0 Å². The Morgan fingerprint density at radius 1 is 1.05 bits per heavy atom. The van der Waals surface area contributed by atoms with Crippen molar-refractivity contribution < 1.29 is 8.42 Å². The number of benzene rings is 2. The molecule has 2 rings (SSSR count). The number of sulfonamides is 1. The highest BCUT2D eigenvalue weighted by molar-refractivity contribution is 7.93. The molecular formula is C14H11ClN2O2S. The molecule has 0 radical (unpaired) electrons. The molecule has 0 saturated heterocycles. The Labute approximate surface area is 122 Å². The average molecular weight is 307 g/mol. The zero-order valence-electron chi connectivity index (χ0n) is 10.6. The van der Waals surface area contributed by atoms with E-state index in [-0.39, 0.29) is 10.6 Å². The maximum absolute atomic E-state index is 12.4. The summed E-state index contributed by atoms with van der Waals surface area (Å²) in [6.45, 7) is 1.86.